The number of nitrogens with zero attached hydrogens (tertiary/aromatic N) is 2. The maximum Gasteiger partial charge on any atom is 0.147 e. The first kappa shape index (κ1) is 8.05. The van der Waals surface area contributed by atoms with Gasteiger partial charge in [-0.1, -0.05) is 0 Å². The Labute approximate surface area is 85.1 Å². The lowest BCUT2D eigenvalue weighted by atomic mass is 10.2. The van der Waals surface area contributed by atoms with Gasteiger partial charge in [0.2, 0.25) is 0 Å². The van der Waals surface area contributed by atoms with Crippen molar-refractivity contribution in [1.29, 1.82) is 0 Å². The van der Waals surface area contributed by atoms with E-state index in [1.807, 2.05) is 12.1 Å². The number of rotatable bonds is 0. The smallest absolute Gasteiger partial charge is 0.147 e. The van der Waals surface area contributed by atoms with Gasteiger partial charge in [-0.25, -0.2) is 9.97 Å². The fourth-order valence-corrected chi connectivity index (χ4v) is 1.76. The Hall–Kier alpha value is -2.30. The Morgan fingerprint density at radius 1 is 1.20 bits per heavy atom. The highest BCUT2D eigenvalue weighted by molar-refractivity contribution is 6.13. The van der Waals surface area contributed by atoms with Crippen LogP contribution in [0.15, 0.2) is 24.5 Å². The molecule has 0 aliphatic carbocycles. The molecule has 0 saturated carbocycles. The highest BCUT2D eigenvalue weighted by Crippen LogP contribution is 2.30. The van der Waals surface area contributed by atoms with Crippen LogP contribution in [0.2, 0.25) is 0 Å². The zero-order chi connectivity index (χ0) is 10.4. The Balaban J connectivity index is 2.63. The van der Waals surface area contributed by atoms with Crippen LogP contribution >= 0.6 is 0 Å². The Morgan fingerprint density at radius 2 is 2.07 bits per heavy atom. The molecule has 0 spiro atoms. The van der Waals surface area contributed by atoms with E-state index in [-0.39, 0.29) is 0 Å². The summed E-state index contributed by atoms with van der Waals surface area (Å²) in [5, 5.41) is 1.87. The van der Waals surface area contributed by atoms with Crippen LogP contribution in [0.4, 0.5) is 11.5 Å². The molecule has 3 aromatic rings. The minimum absolute atomic E-state index is 0.354. The van der Waals surface area contributed by atoms with Gasteiger partial charge in [0.1, 0.15) is 11.5 Å². The molecule has 0 radical (unpaired) electrons. The maximum atomic E-state index is 5.89. The Morgan fingerprint density at radius 3 is 2.93 bits per heavy atom. The molecular weight excluding hydrogens is 190 g/mol. The number of anilines is 2. The summed E-state index contributed by atoms with van der Waals surface area (Å²) in [6.45, 7) is 0. The molecule has 0 amide bonds. The van der Waals surface area contributed by atoms with E-state index >= 15 is 0 Å². The fourth-order valence-electron chi connectivity index (χ4n) is 1.76. The average molecular weight is 199 g/mol. The molecule has 0 atom stereocenters. The van der Waals surface area contributed by atoms with Crippen LogP contribution in [-0.4, -0.2) is 15.0 Å². The Kier molecular flexibility index (Phi) is 1.39. The Bertz CT molecular complexity index is 655. The molecule has 0 aliphatic rings. The molecule has 0 bridgehead atoms. The first-order valence-corrected chi connectivity index (χ1v) is 4.53. The van der Waals surface area contributed by atoms with Crippen molar-refractivity contribution < 1.29 is 0 Å². The third-order valence-corrected chi connectivity index (χ3v) is 2.48. The maximum absolute atomic E-state index is 5.89. The lowest BCUT2D eigenvalue weighted by Crippen LogP contribution is -1.97. The van der Waals surface area contributed by atoms with Crippen LogP contribution < -0.4 is 11.5 Å². The monoisotopic (exact) mass is 199 g/mol. The van der Waals surface area contributed by atoms with Crippen LogP contribution in [0.5, 0.6) is 0 Å². The fraction of sp³-hybridized carbons (Fsp3) is 0. The first-order chi connectivity index (χ1) is 7.27. The van der Waals surface area contributed by atoms with Crippen molar-refractivity contribution in [1.82, 2.24) is 15.0 Å². The standard InChI is InChI=1S/C10H9N5/c11-8-7-5-2-1-3-13-10(5)15-6(7)4-14-9(8)12/h1-4H,11H2,(H2,12,14)(H,13,15). The molecule has 0 aromatic carbocycles. The minimum atomic E-state index is 0.354. The van der Waals surface area contributed by atoms with Crippen LogP contribution in [0.1, 0.15) is 0 Å². The van der Waals surface area contributed by atoms with Crippen LogP contribution in [0.3, 0.4) is 0 Å². The molecule has 5 heteroatoms. The van der Waals surface area contributed by atoms with Gasteiger partial charge in [-0.05, 0) is 12.1 Å². The topological polar surface area (TPSA) is 93.6 Å². The van der Waals surface area contributed by atoms with Gasteiger partial charge < -0.3 is 16.5 Å². The number of pyridine rings is 2. The predicted octanol–water partition coefficient (Wildman–Crippen LogP) is 1.28. The van der Waals surface area contributed by atoms with Gasteiger partial charge in [0.05, 0.1) is 17.4 Å². The predicted molar refractivity (Wildman–Crippen MR) is 60.2 cm³/mol. The van der Waals surface area contributed by atoms with Crippen molar-refractivity contribution in [3.05, 3.63) is 24.5 Å². The van der Waals surface area contributed by atoms with Crippen LogP contribution in [0, 0.1) is 0 Å². The number of fused-ring (bicyclic) bond motifs is 3. The summed E-state index contributed by atoms with van der Waals surface area (Å²) in [5.41, 5.74) is 13.7. The van der Waals surface area contributed by atoms with E-state index in [1.165, 1.54) is 0 Å². The summed E-state index contributed by atoms with van der Waals surface area (Å²) in [7, 11) is 0. The van der Waals surface area contributed by atoms with Crippen molar-refractivity contribution in [2.24, 2.45) is 0 Å². The summed E-state index contributed by atoms with van der Waals surface area (Å²) in [6.07, 6.45) is 3.40. The van der Waals surface area contributed by atoms with Gasteiger partial charge in [0.25, 0.3) is 0 Å². The summed E-state index contributed by atoms with van der Waals surface area (Å²) >= 11 is 0. The third-order valence-electron chi connectivity index (χ3n) is 2.48. The summed E-state index contributed by atoms with van der Waals surface area (Å²) in [5.74, 6) is 0.354. The third kappa shape index (κ3) is 0.969. The normalized spacial score (nSPS) is 11.2. The van der Waals surface area contributed by atoms with Crippen LogP contribution in [0.25, 0.3) is 21.9 Å². The SMILES string of the molecule is Nc1ncc2[nH]c3ncccc3c2c1N. The quantitative estimate of drug-likeness (QED) is 0.508. The van der Waals surface area contributed by atoms with Crippen molar-refractivity contribution in [2.45, 2.75) is 0 Å². The van der Waals surface area contributed by atoms with Crippen molar-refractivity contribution in [3.63, 3.8) is 0 Å². The van der Waals surface area contributed by atoms with Gasteiger partial charge in [-0.15, -0.1) is 0 Å². The number of hydrogen-bond acceptors (Lipinski definition) is 4. The largest absolute Gasteiger partial charge is 0.395 e. The average Bonchev–Trinajstić information content (AvgIpc) is 2.62. The summed E-state index contributed by atoms with van der Waals surface area (Å²) in [4.78, 5) is 11.3. The van der Waals surface area contributed by atoms with E-state index in [2.05, 4.69) is 15.0 Å². The highest BCUT2D eigenvalue weighted by Gasteiger charge is 2.09. The summed E-state index contributed by atoms with van der Waals surface area (Å²) in [6, 6.07) is 3.82. The van der Waals surface area contributed by atoms with Crippen molar-refractivity contribution in [2.75, 3.05) is 11.5 Å². The van der Waals surface area contributed by atoms with Gasteiger partial charge in [-0.3, -0.25) is 0 Å². The number of hydrogen-bond donors (Lipinski definition) is 3. The van der Waals surface area contributed by atoms with E-state index in [4.69, 9.17) is 11.5 Å². The number of nitrogen functional groups attached to an aromatic ring is 2. The molecule has 0 fully saturated rings. The highest BCUT2D eigenvalue weighted by atomic mass is 14.9. The van der Waals surface area contributed by atoms with Gasteiger partial charge in [0.15, 0.2) is 0 Å². The number of H-pyrrole nitrogens is 1. The number of nitrogens with two attached hydrogens (primary N) is 2. The van der Waals surface area contributed by atoms with Gasteiger partial charge in [0, 0.05) is 17.0 Å². The van der Waals surface area contributed by atoms with E-state index in [0.717, 1.165) is 21.9 Å². The molecule has 0 unspecified atom stereocenters. The number of nitrogens with one attached hydrogen (secondary N) is 1. The zero-order valence-corrected chi connectivity index (χ0v) is 7.86. The van der Waals surface area contributed by atoms with E-state index in [0.29, 0.717) is 11.5 Å². The lowest BCUT2D eigenvalue weighted by molar-refractivity contribution is 1.32. The summed E-state index contributed by atoms with van der Waals surface area (Å²) < 4.78 is 0. The van der Waals surface area contributed by atoms with Gasteiger partial charge in [-0.2, -0.15) is 0 Å². The molecule has 3 rings (SSSR count). The van der Waals surface area contributed by atoms with Crippen molar-refractivity contribution in [3.8, 4) is 0 Å². The molecule has 3 aromatic heterocycles. The zero-order valence-electron chi connectivity index (χ0n) is 7.86. The molecule has 15 heavy (non-hydrogen) atoms. The van der Waals surface area contributed by atoms with Gasteiger partial charge >= 0.3 is 0 Å². The van der Waals surface area contributed by atoms with E-state index in [9.17, 15) is 0 Å². The first-order valence-electron chi connectivity index (χ1n) is 4.53. The van der Waals surface area contributed by atoms with Crippen LogP contribution in [-0.2, 0) is 0 Å². The van der Waals surface area contributed by atoms with E-state index in [1.54, 1.807) is 12.4 Å². The molecule has 74 valence electrons. The minimum Gasteiger partial charge on any atom is -0.395 e. The van der Waals surface area contributed by atoms with E-state index < -0.39 is 0 Å². The second-order valence-electron chi connectivity index (χ2n) is 3.37. The molecule has 5 N–H and O–H groups in total. The molecule has 0 saturated heterocycles. The lowest BCUT2D eigenvalue weighted by Gasteiger charge is -1.99. The number of aromatic nitrogens is 3. The molecular formula is C10H9N5. The second-order valence-corrected chi connectivity index (χ2v) is 3.37. The second kappa shape index (κ2) is 2.60. The molecule has 5 nitrogen and oxygen atoms in total. The molecule has 3 heterocycles. The number of aromatic amines is 1. The molecule has 0 aliphatic heterocycles. The van der Waals surface area contributed by atoms with Crippen molar-refractivity contribution >= 4 is 33.4 Å².